The number of ether oxygens (including phenoxy) is 1. The number of fused-ring (bicyclic) bond motifs is 1. The first kappa shape index (κ1) is 24.4. The fourth-order valence-electron chi connectivity index (χ4n) is 4.16. The van der Waals surface area contributed by atoms with Gasteiger partial charge in [0.05, 0.1) is 11.5 Å². The first-order chi connectivity index (χ1) is 16.4. The van der Waals surface area contributed by atoms with E-state index in [0.717, 1.165) is 5.56 Å². The zero-order valence-electron chi connectivity index (χ0n) is 19.0. The Morgan fingerprint density at radius 3 is 2.49 bits per heavy atom. The number of hydrogen-bond acceptors (Lipinski definition) is 6. The lowest BCUT2D eigenvalue weighted by Gasteiger charge is -2.27. The smallest absolute Gasteiger partial charge is 0.326 e. The Morgan fingerprint density at radius 1 is 1.23 bits per heavy atom. The molecule has 3 aromatic rings. The van der Waals surface area contributed by atoms with Crippen LogP contribution >= 0.6 is 0 Å². The summed E-state index contributed by atoms with van der Waals surface area (Å²) < 4.78 is 49.4. The Balaban J connectivity index is 1.89. The number of carbonyl (C=O) groups is 2. The maximum atomic E-state index is 16.0. The van der Waals surface area contributed by atoms with Gasteiger partial charge in [-0.1, -0.05) is 42.5 Å². The number of amides is 2. The normalized spacial score (nSPS) is 16.2. The third kappa shape index (κ3) is 4.77. The molecule has 2 amide bonds. The summed E-state index contributed by atoms with van der Waals surface area (Å²) in [6.45, 7) is 2.21. The maximum absolute atomic E-state index is 16.0. The van der Waals surface area contributed by atoms with E-state index in [-0.39, 0.29) is 23.3 Å². The van der Waals surface area contributed by atoms with Crippen LogP contribution in [0.3, 0.4) is 0 Å². The van der Waals surface area contributed by atoms with E-state index in [1.54, 1.807) is 24.3 Å². The summed E-state index contributed by atoms with van der Waals surface area (Å²) in [6, 6.07) is 14.9. The van der Waals surface area contributed by atoms with Gasteiger partial charge in [0.15, 0.2) is 5.82 Å². The van der Waals surface area contributed by atoms with Crippen molar-refractivity contribution >= 4 is 38.5 Å². The lowest BCUT2D eigenvalue weighted by molar-refractivity contribution is -0.124. The van der Waals surface area contributed by atoms with Crippen LogP contribution in [0, 0.1) is 5.82 Å². The molecule has 4 rings (SSSR count). The molecule has 1 unspecified atom stereocenters. The summed E-state index contributed by atoms with van der Waals surface area (Å²) in [5.74, 6) is -3.82. The molecule has 1 aliphatic rings. The number of aliphatic hydroxyl groups is 1. The van der Waals surface area contributed by atoms with E-state index in [4.69, 9.17) is 10.5 Å². The number of primary amides is 1. The largest absolute Gasteiger partial charge is 0.487 e. The molecule has 0 aliphatic carbocycles. The highest BCUT2D eigenvalue weighted by atomic mass is 32.2. The SMILES string of the molecule is CC(C)(O)C(C(N)=O)c1ccc2cc(OCc3ccccc3)c(N3CC(=O)NS3(=O)=O)c(F)c2c1. The van der Waals surface area contributed by atoms with Gasteiger partial charge in [-0.2, -0.15) is 8.42 Å². The van der Waals surface area contributed by atoms with Crippen molar-refractivity contribution in [3.63, 3.8) is 0 Å². The lowest BCUT2D eigenvalue weighted by atomic mass is 9.83. The molecule has 9 nitrogen and oxygen atoms in total. The Morgan fingerprint density at radius 2 is 1.91 bits per heavy atom. The molecule has 0 saturated carbocycles. The highest BCUT2D eigenvalue weighted by Crippen LogP contribution is 2.41. The standard InChI is InChI=1S/C24H24FN3O6S/c1-24(2,31)20(23(26)30)16-9-8-15-11-18(34-13-14-6-4-3-5-7-14)22(21(25)17(15)10-16)28-12-19(29)27-35(28,32)33/h3-11,20,31H,12-13H2,1-2H3,(H2,26,30)(H,27,29). The van der Waals surface area contributed by atoms with E-state index in [1.165, 1.54) is 38.1 Å². The second-order valence-corrected chi connectivity index (χ2v) is 10.4. The van der Waals surface area contributed by atoms with Crippen LogP contribution in [0.25, 0.3) is 10.8 Å². The third-order valence-electron chi connectivity index (χ3n) is 5.67. The van der Waals surface area contributed by atoms with Crippen LogP contribution in [0.1, 0.15) is 30.9 Å². The molecule has 1 atom stereocenters. The van der Waals surface area contributed by atoms with Gasteiger partial charge in [0.2, 0.25) is 5.91 Å². The molecule has 35 heavy (non-hydrogen) atoms. The lowest BCUT2D eigenvalue weighted by Crippen LogP contribution is -2.38. The van der Waals surface area contributed by atoms with Crippen molar-refractivity contribution in [3.05, 3.63) is 71.5 Å². The van der Waals surface area contributed by atoms with E-state index in [2.05, 4.69) is 0 Å². The van der Waals surface area contributed by atoms with Crippen molar-refractivity contribution in [3.8, 4) is 5.75 Å². The fourth-order valence-corrected chi connectivity index (χ4v) is 5.32. The second kappa shape index (κ2) is 8.82. The Labute approximate surface area is 201 Å². The number of rotatable bonds is 7. The number of nitrogens with zero attached hydrogens (tertiary/aromatic N) is 1. The molecule has 1 saturated heterocycles. The minimum Gasteiger partial charge on any atom is -0.487 e. The summed E-state index contributed by atoms with van der Waals surface area (Å²) in [6.07, 6.45) is 0. The number of carbonyl (C=O) groups excluding carboxylic acids is 2. The predicted octanol–water partition coefficient (Wildman–Crippen LogP) is 2.08. The van der Waals surface area contributed by atoms with Crippen molar-refractivity contribution < 1.29 is 32.2 Å². The van der Waals surface area contributed by atoms with Gasteiger partial charge < -0.3 is 15.6 Å². The summed E-state index contributed by atoms with van der Waals surface area (Å²) in [4.78, 5) is 23.9. The Kier molecular flexibility index (Phi) is 6.16. The Bertz CT molecular complexity index is 1420. The van der Waals surface area contributed by atoms with Gasteiger partial charge in [0, 0.05) is 5.39 Å². The molecule has 0 radical (unpaired) electrons. The first-order valence-electron chi connectivity index (χ1n) is 10.7. The minimum absolute atomic E-state index is 0.0224. The topological polar surface area (TPSA) is 139 Å². The highest BCUT2D eigenvalue weighted by molar-refractivity contribution is 7.92. The molecular weight excluding hydrogens is 477 g/mol. The van der Waals surface area contributed by atoms with E-state index >= 15 is 4.39 Å². The van der Waals surface area contributed by atoms with Crippen LogP contribution in [0.2, 0.25) is 0 Å². The van der Waals surface area contributed by atoms with Gasteiger partial charge in [-0.15, -0.1) is 0 Å². The van der Waals surface area contributed by atoms with Crippen LogP contribution in [-0.2, 0) is 26.4 Å². The van der Waals surface area contributed by atoms with E-state index in [0.29, 0.717) is 9.69 Å². The highest BCUT2D eigenvalue weighted by Gasteiger charge is 2.39. The summed E-state index contributed by atoms with van der Waals surface area (Å²) >= 11 is 0. The molecule has 184 valence electrons. The molecule has 3 aromatic carbocycles. The van der Waals surface area contributed by atoms with Crippen LogP contribution in [-0.4, -0.2) is 37.5 Å². The summed E-state index contributed by atoms with van der Waals surface area (Å²) in [5.41, 5.74) is 4.53. The van der Waals surface area contributed by atoms with Gasteiger partial charge in [0.1, 0.15) is 24.6 Å². The number of anilines is 1. The average molecular weight is 502 g/mol. The zero-order valence-corrected chi connectivity index (χ0v) is 19.8. The van der Waals surface area contributed by atoms with E-state index in [1.807, 2.05) is 10.8 Å². The fraction of sp³-hybridized carbons (Fsp3) is 0.250. The number of halogens is 1. The molecule has 11 heteroatoms. The van der Waals surface area contributed by atoms with Crippen molar-refractivity contribution in [2.45, 2.75) is 32.0 Å². The van der Waals surface area contributed by atoms with Gasteiger partial charge in [-0.05, 0) is 42.5 Å². The summed E-state index contributed by atoms with van der Waals surface area (Å²) in [5, 5.41) is 10.8. The number of nitrogens with one attached hydrogen (secondary N) is 1. The van der Waals surface area contributed by atoms with E-state index in [9.17, 15) is 23.1 Å². The van der Waals surface area contributed by atoms with Crippen LogP contribution < -0.4 is 19.5 Å². The molecule has 4 N–H and O–H groups in total. The molecule has 0 bridgehead atoms. The molecule has 1 heterocycles. The quantitative estimate of drug-likeness (QED) is 0.453. The summed E-state index contributed by atoms with van der Waals surface area (Å²) in [7, 11) is -4.35. The van der Waals surface area contributed by atoms with Gasteiger partial charge in [-0.3, -0.25) is 9.59 Å². The monoisotopic (exact) mass is 501 g/mol. The van der Waals surface area contributed by atoms with Gasteiger partial charge in [0.25, 0.3) is 5.91 Å². The third-order valence-corrected chi connectivity index (χ3v) is 7.05. The number of benzene rings is 3. The van der Waals surface area contributed by atoms with Crippen molar-refractivity contribution in [2.75, 3.05) is 10.8 Å². The van der Waals surface area contributed by atoms with Crippen molar-refractivity contribution in [1.82, 2.24) is 4.72 Å². The maximum Gasteiger partial charge on any atom is 0.326 e. The first-order valence-corrected chi connectivity index (χ1v) is 12.1. The minimum atomic E-state index is -4.35. The molecule has 0 spiro atoms. The van der Waals surface area contributed by atoms with Crippen molar-refractivity contribution in [1.29, 1.82) is 0 Å². The van der Waals surface area contributed by atoms with Crippen LogP contribution in [0.15, 0.2) is 54.6 Å². The van der Waals surface area contributed by atoms with Crippen LogP contribution in [0.4, 0.5) is 10.1 Å². The number of nitrogens with two attached hydrogens (primary N) is 1. The second-order valence-electron chi connectivity index (χ2n) is 8.82. The van der Waals surface area contributed by atoms with Gasteiger partial charge >= 0.3 is 10.2 Å². The van der Waals surface area contributed by atoms with Gasteiger partial charge in [-0.25, -0.2) is 13.4 Å². The molecule has 1 fully saturated rings. The molecular formula is C24H24FN3O6S. The molecule has 0 aromatic heterocycles. The molecule has 1 aliphatic heterocycles. The Hall–Kier alpha value is -3.70. The van der Waals surface area contributed by atoms with Crippen LogP contribution in [0.5, 0.6) is 5.75 Å². The average Bonchev–Trinajstić information content (AvgIpc) is 3.03. The predicted molar refractivity (Wildman–Crippen MR) is 127 cm³/mol. The van der Waals surface area contributed by atoms with E-state index < -0.39 is 51.6 Å². The zero-order chi connectivity index (χ0) is 25.5. The number of hydrogen-bond donors (Lipinski definition) is 3. The van der Waals surface area contributed by atoms with Crippen molar-refractivity contribution in [2.24, 2.45) is 5.73 Å².